The Hall–Kier alpha value is -2.05. The Labute approximate surface area is 124 Å². The average molecular weight is 306 g/mol. The van der Waals surface area contributed by atoms with Gasteiger partial charge in [0.2, 0.25) is 10.0 Å². The SMILES string of the molecule is COc1cc(S(=O)(=O)NCc2ccc(C)cc2)ccc1N. The lowest BCUT2D eigenvalue weighted by atomic mass is 10.2. The summed E-state index contributed by atoms with van der Waals surface area (Å²) in [5.74, 6) is 0.341. The molecule has 2 rings (SSSR count). The van der Waals surface area contributed by atoms with E-state index in [1.165, 1.54) is 25.3 Å². The third kappa shape index (κ3) is 3.74. The molecule has 0 fully saturated rings. The fourth-order valence-corrected chi connectivity index (χ4v) is 2.86. The van der Waals surface area contributed by atoms with Crippen molar-refractivity contribution in [3.63, 3.8) is 0 Å². The zero-order valence-corrected chi connectivity index (χ0v) is 12.8. The molecule has 0 aromatic heterocycles. The van der Waals surface area contributed by atoms with Crippen molar-refractivity contribution >= 4 is 15.7 Å². The van der Waals surface area contributed by atoms with Crippen LogP contribution in [0.15, 0.2) is 47.4 Å². The number of methoxy groups -OCH3 is 1. The first-order valence-electron chi connectivity index (χ1n) is 6.41. The molecule has 112 valence electrons. The van der Waals surface area contributed by atoms with Crippen molar-refractivity contribution in [3.8, 4) is 5.75 Å². The van der Waals surface area contributed by atoms with Gasteiger partial charge in [-0.2, -0.15) is 0 Å². The third-order valence-electron chi connectivity index (χ3n) is 3.10. The maximum atomic E-state index is 12.2. The van der Waals surface area contributed by atoms with E-state index in [4.69, 9.17) is 10.5 Å². The minimum Gasteiger partial charge on any atom is -0.495 e. The fourth-order valence-electron chi connectivity index (χ4n) is 1.83. The van der Waals surface area contributed by atoms with Crippen LogP contribution in [0.25, 0.3) is 0 Å². The van der Waals surface area contributed by atoms with E-state index in [1.807, 2.05) is 31.2 Å². The summed E-state index contributed by atoms with van der Waals surface area (Å²) in [6.07, 6.45) is 0. The highest BCUT2D eigenvalue weighted by Crippen LogP contribution is 2.24. The van der Waals surface area contributed by atoms with Crippen molar-refractivity contribution in [2.45, 2.75) is 18.4 Å². The molecule has 0 aliphatic rings. The Morgan fingerprint density at radius 2 is 1.81 bits per heavy atom. The second-order valence-electron chi connectivity index (χ2n) is 4.71. The molecule has 0 aliphatic heterocycles. The smallest absolute Gasteiger partial charge is 0.241 e. The minimum atomic E-state index is -3.60. The molecule has 0 radical (unpaired) electrons. The predicted molar refractivity (Wildman–Crippen MR) is 82.6 cm³/mol. The van der Waals surface area contributed by atoms with Gasteiger partial charge in [0, 0.05) is 12.6 Å². The maximum Gasteiger partial charge on any atom is 0.241 e. The van der Waals surface area contributed by atoms with Crippen molar-refractivity contribution < 1.29 is 13.2 Å². The van der Waals surface area contributed by atoms with Gasteiger partial charge in [0.1, 0.15) is 5.75 Å². The topological polar surface area (TPSA) is 81.4 Å². The number of benzene rings is 2. The average Bonchev–Trinajstić information content (AvgIpc) is 2.47. The number of nitrogen functional groups attached to an aromatic ring is 1. The van der Waals surface area contributed by atoms with E-state index in [9.17, 15) is 8.42 Å². The molecule has 0 heterocycles. The van der Waals surface area contributed by atoms with Crippen LogP contribution in [0.3, 0.4) is 0 Å². The van der Waals surface area contributed by atoms with Crippen molar-refractivity contribution in [3.05, 3.63) is 53.6 Å². The molecule has 0 amide bonds. The summed E-state index contributed by atoms with van der Waals surface area (Å²) >= 11 is 0. The van der Waals surface area contributed by atoms with Gasteiger partial charge in [-0.15, -0.1) is 0 Å². The second-order valence-corrected chi connectivity index (χ2v) is 6.48. The van der Waals surface area contributed by atoms with Crippen LogP contribution in [0.2, 0.25) is 0 Å². The van der Waals surface area contributed by atoms with Crippen molar-refractivity contribution in [1.82, 2.24) is 4.72 Å². The van der Waals surface area contributed by atoms with Gasteiger partial charge in [0.25, 0.3) is 0 Å². The van der Waals surface area contributed by atoms with E-state index in [0.717, 1.165) is 11.1 Å². The van der Waals surface area contributed by atoms with Crippen LogP contribution in [-0.4, -0.2) is 15.5 Å². The molecular formula is C15H18N2O3S. The molecule has 0 aliphatic carbocycles. The molecule has 0 saturated heterocycles. The number of aryl methyl sites for hydroxylation is 1. The third-order valence-corrected chi connectivity index (χ3v) is 4.50. The number of rotatable bonds is 5. The number of sulfonamides is 1. The van der Waals surface area contributed by atoms with Gasteiger partial charge in [-0.3, -0.25) is 0 Å². The molecule has 3 N–H and O–H groups in total. The van der Waals surface area contributed by atoms with Crippen LogP contribution in [0.4, 0.5) is 5.69 Å². The maximum absolute atomic E-state index is 12.2. The van der Waals surface area contributed by atoms with Gasteiger partial charge >= 0.3 is 0 Å². The van der Waals surface area contributed by atoms with Crippen LogP contribution >= 0.6 is 0 Å². The molecular weight excluding hydrogens is 288 g/mol. The summed E-state index contributed by atoms with van der Waals surface area (Å²) in [6, 6.07) is 12.0. The fraction of sp³-hybridized carbons (Fsp3) is 0.200. The molecule has 0 atom stereocenters. The molecule has 0 bridgehead atoms. The Kier molecular flexibility index (Phi) is 4.50. The highest BCUT2D eigenvalue weighted by atomic mass is 32.2. The molecule has 0 unspecified atom stereocenters. The van der Waals surface area contributed by atoms with Gasteiger partial charge < -0.3 is 10.5 Å². The minimum absolute atomic E-state index is 0.126. The summed E-state index contributed by atoms with van der Waals surface area (Å²) in [4.78, 5) is 0.126. The lowest BCUT2D eigenvalue weighted by Crippen LogP contribution is -2.23. The molecule has 0 saturated carbocycles. The highest BCUT2D eigenvalue weighted by molar-refractivity contribution is 7.89. The first-order valence-corrected chi connectivity index (χ1v) is 7.89. The Bertz CT molecular complexity index is 725. The lowest BCUT2D eigenvalue weighted by molar-refractivity contribution is 0.415. The summed E-state index contributed by atoms with van der Waals surface area (Å²) < 4.78 is 32.1. The van der Waals surface area contributed by atoms with E-state index in [0.29, 0.717) is 11.4 Å². The number of ether oxygens (including phenoxy) is 1. The van der Waals surface area contributed by atoms with Crippen LogP contribution in [0.1, 0.15) is 11.1 Å². The van der Waals surface area contributed by atoms with E-state index in [1.54, 1.807) is 0 Å². The van der Waals surface area contributed by atoms with Crippen LogP contribution in [0.5, 0.6) is 5.75 Å². The number of hydrogen-bond donors (Lipinski definition) is 2. The quantitative estimate of drug-likeness (QED) is 0.829. The number of anilines is 1. The largest absolute Gasteiger partial charge is 0.495 e. The summed E-state index contributed by atoms with van der Waals surface area (Å²) in [5, 5.41) is 0. The zero-order chi connectivity index (χ0) is 15.5. The number of nitrogens with one attached hydrogen (secondary N) is 1. The highest BCUT2D eigenvalue weighted by Gasteiger charge is 2.15. The van der Waals surface area contributed by atoms with Gasteiger partial charge in [-0.1, -0.05) is 29.8 Å². The Balaban J connectivity index is 2.16. The first-order chi connectivity index (χ1) is 9.92. The lowest BCUT2D eigenvalue weighted by Gasteiger charge is -2.10. The second kappa shape index (κ2) is 6.15. The van der Waals surface area contributed by atoms with Gasteiger partial charge in [0.05, 0.1) is 17.7 Å². The van der Waals surface area contributed by atoms with Crippen LogP contribution < -0.4 is 15.2 Å². The molecule has 0 spiro atoms. The number of nitrogens with two attached hydrogens (primary N) is 1. The summed E-state index contributed by atoms with van der Waals surface area (Å²) in [7, 11) is -2.16. The van der Waals surface area contributed by atoms with E-state index in [2.05, 4.69) is 4.72 Å². The van der Waals surface area contributed by atoms with Gasteiger partial charge in [-0.05, 0) is 24.6 Å². The normalized spacial score (nSPS) is 11.3. The van der Waals surface area contributed by atoms with E-state index >= 15 is 0 Å². The van der Waals surface area contributed by atoms with Crippen molar-refractivity contribution in [1.29, 1.82) is 0 Å². The van der Waals surface area contributed by atoms with E-state index < -0.39 is 10.0 Å². The molecule has 6 heteroatoms. The van der Waals surface area contributed by atoms with Crippen LogP contribution in [-0.2, 0) is 16.6 Å². The van der Waals surface area contributed by atoms with Crippen molar-refractivity contribution in [2.75, 3.05) is 12.8 Å². The Morgan fingerprint density at radius 1 is 1.14 bits per heavy atom. The molecule has 5 nitrogen and oxygen atoms in total. The summed E-state index contributed by atoms with van der Waals surface area (Å²) in [6.45, 7) is 2.21. The van der Waals surface area contributed by atoms with Gasteiger partial charge in [0.15, 0.2) is 0 Å². The molecule has 21 heavy (non-hydrogen) atoms. The zero-order valence-electron chi connectivity index (χ0n) is 12.0. The van der Waals surface area contributed by atoms with Crippen molar-refractivity contribution in [2.24, 2.45) is 0 Å². The van der Waals surface area contributed by atoms with Crippen LogP contribution in [0, 0.1) is 6.92 Å². The summed E-state index contributed by atoms with van der Waals surface area (Å²) in [5.41, 5.74) is 8.10. The Morgan fingerprint density at radius 3 is 2.43 bits per heavy atom. The molecule has 2 aromatic rings. The standard InChI is InChI=1S/C15H18N2O3S/c1-11-3-5-12(6-4-11)10-17-21(18,19)13-7-8-14(16)15(9-13)20-2/h3-9,17H,10,16H2,1-2H3. The monoisotopic (exact) mass is 306 g/mol. The number of hydrogen-bond acceptors (Lipinski definition) is 4. The van der Waals surface area contributed by atoms with Gasteiger partial charge in [-0.25, -0.2) is 13.1 Å². The predicted octanol–water partition coefficient (Wildman–Crippen LogP) is 2.06. The molecule has 2 aromatic carbocycles. The first kappa shape index (κ1) is 15.3. The van der Waals surface area contributed by atoms with E-state index in [-0.39, 0.29) is 11.4 Å².